The lowest BCUT2D eigenvalue weighted by Gasteiger charge is -2.32. The molecule has 2 aliphatic heterocycles. The minimum atomic E-state index is -1.14. The third kappa shape index (κ3) is 3.34. The summed E-state index contributed by atoms with van der Waals surface area (Å²) in [6.45, 7) is 8.19. The quantitative estimate of drug-likeness (QED) is 0.783. The molecule has 134 valence electrons. The van der Waals surface area contributed by atoms with Gasteiger partial charge >= 0.3 is 13.2 Å². The fourth-order valence-electron chi connectivity index (χ4n) is 2.88. The van der Waals surface area contributed by atoms with Crippen LogP contribution in [-0.2, 0) is 14.1 Å². The molecule has 0 unspecified atom stereocenters. The molecule has 0 aliphatic carbocycles. The van der Waals surface area contributed by atoms with Crippen LogP contribution in [0.2, 0.25) is 0 Å². The number of carbonyl (C=O) groups is 2. The maximum Gasteiger partial charge on any atom is 0.496 e. The van der Waals surface area contributed by atoms with Crippen molar-refractivity contribution in [1.29, 1.82) is 0 Å². The maximum atomic E-state index is 12.1. The third-order valence-electron chi connectivity index (χ3n) is 5.03. The lowest BCUT2D eigenvalue weighted by molar-refractivity contribution is -0.117. The van der Waals surface area contributed by atoms with Gasteiger partial charge in [-0.15, -0.1) is 0 Å². The Morgan fingerprint density at radius 3 is 2.48 bits per heavy atom. The predicted molar refractivity (Wildman–Crippen MR) is 91.9 cm³/mol. The fraction of sp³-hybridized carbons (Fsp3) is 0.562. The van der Waals surface area contributed by atoms with Crippen molar-refractivity contribution in [1.82, 2.24) is 10.3 Å². The summed E-state index contributed by atoms with van der Waals surface area (Å²) < 4.78 is 12.0. The molecule has 0 bridgehead atoms. The van der Waals surface area contributed by atoms with E-state index in [1.54, 1.807) is 12.3 Å². The molecule has 2 N–H and O–H groups in total. The van der Waals surface area contributed by atoms with Crippen LogP contribution in [0.15, 0.2) is 18.3 Å². The van der Waals surface area contributed by atoms with Crippen LogP contribution >= 0.6 is 0 Å². The Labute approximate surface area is 146 Å². The van der Waals surface area contributed by atoms with E-state index in [-0.39, 0.29) is 18.9 Å². The number of pyridine rings is 1. The zero-order chi connectivity index (χ0) is 18.4. The van der Waals surface area contributed by atoms with Gasteiger partial charge in [0.1, 0.15) is 5.82 Å². The van der Waals surface area contributed by atoms with Crippen LogP contribution in [0, 0.1) is 0 Å². The second kappa shape index (κ2) is 6.00. The lowest BCUT2D eigenvalue weighted by atomic mass is 9.80. The number of hydrogen-bond donors (Lipinski definition) is 2. The van der Waals surface area contributed by atoms with E-state index in [0.29, 0.717) is 5.82 Å². The highest BCUT2D eigenvalue weighted by molar-refractivity contribution is 6.62. The van der Waals surface area contributed by atoms with E-state index in [1.165, 1.54) is 4.90 Å². The summed E-state index contributed by atoms with van der Waals surface area (Å²) in [4.78, 5) is 28.6. The highest BCUT2D eigenvalue weighted by Crippen LogP contribution is 2.36. The van der Waals surface area contributed by atoms with E-state index in [2.05, 4.69) is 10.3 Å². The number of carboxylic acid groups (broad SMARTS) is 1. The average Bonchev–Trinajstić information content (AvgIpc) is 2.95. The summed E-state index contributed by atoms with van der Waals surface area (Å²) in [5, 5.41) is 11.1. The van der Waals surface area contributed by atoms with Gasteiger partial charge < -0.3 is 19.7 Å². The predicted octanol–water partition coefficient (Wildman–Crippen LogP) is 0.754. The molecular formula is C16H22BN3O5. The van der Waals surface area contributed by atoms with Crippen LogP contribution < -0.4 is 15.7 Å². The van der Waals surface area contributed by atoms with Crippen molar-refractivity contribution in [3.05, 3.63) is 18.3 Å². The van der Waals surface area contributed by atoms with Crippen LogP contribution in [-0.4, -0.2) is 53.0 Å². The molecule has 0 radical (unpaired) electrons. The van der Waals surface area contributed by atoms with E-state index < -0.39 is 30.5 Å². The molecule has 2 fully saturated rings. The van der Waals surface area contributed by atoms with Crippen LogP contribution in [0.5, 0.6) is 0 Å². The molecule has 0 spiro atoms. The van der Waals surface area contributed by atoms with Gasteiger partial charge in [0.2, 0.25) is 5.91 Å². The highest BCUT2D eigenvalue weighted by Gasteiger charge is 2.51. The molecule has 1 aromatic rings. The first-order valence-corrected chi connectivity index (χ1v) is 8.20. The molecular weight excluding hydrogens is 325 g/mol. The van der Waals surface area contributed by atoms with Crippen LogP contribution in [0.25, 0.3) is 0 Å². The second-order valence-corrected chi connectivity index (χ2v) is 7.39. The highest BCUT2D eigenvalue weighted by atomic mass is 16.7. The van der Waals surface area contributed by atoms with Gasteiger partial charge in [-0.2, -0.15) is 0 Å². The zero-order valence-electron chi connectivity index (χ0n) is 14.8. The Bertz CT molecular complexity index is 676. The molecule has 1 atom stereocenters. The van der Waals surface area contributed by atoms with Gasteiger partial charge in [-0.05, 0) is 33.8 Å². The van der Waals surface area contributed by atoms with E-state index in [4.69, 9.17) is 14.4 Å². The Balaban J connectivity index is 1.71. The monoisotopic (exact) mass is 347 g/mol. The first-order chi connectivity index (χ1) is 11.6. The standard InChI is InChI=1S/C16H22BN3O5/c1-15(2)16(3,4)25-17(24-15)10-5-6-12(18-8-10)20-9-11(7-13(20)21)19-14(22)23/h5-6,8,11,19H,7,9H2,1-4H3,(H,22,23)/t11-/m0/s1. The topological polar surface area (TPSA) is 101 Å². The van der Waals surface area contributed by atoms with Crippen LogP contribution in [0.3, 0.4) is 0 Å². The largest absolute Gasteiger partial charge is 0.496 e. The number of hydrogen-bond acceptors (Lipinski definition) is 5. The average molecular weight is 347 g/mol. The fourth-order valence-corrected chi connectivity index (χ4v) is 2.88. The second-order valence-electron chi connectivity index (χ2n) is 7.39. The number of carbonyl (C=O) groups excluding carboxylic acids is 1. The molecule has 1 aromatic heterocycles. The molecule has 2 amide bonds. The smallest absolute Gasteiger partial charge is 0.465 e. The molecule has 3 heterocycles. The zero-order valence-corrected chi connectivity index (χ0v) is 14.8. The van der Waals surface area contributed by atoms with E-state index in [9.17, 15) is 9.59 Å². The summed E-state index contributed by atoms with van der Waals surface area (Å²) in [7, 11) is -0.512. The van der Waals surface area contributed by atoms with Crippen molar-refractivity contribution in [3.8, 4) is 0 Å². The van der Waals surface area contributed by atoms with Crippen molar-refractivity contribution in [2.24, 2.45) is 0 Å². The summed E-state index contributed by atoms with van der Waals surface area (Å²) in [5.41, 5.74) is -0.0946. The van der Waals surface area contributed by atoms with Crippen molar-refractivity contribution in [3.63, 3.8) is 0 Å². The van der Waals surface area contributed by atoms with E-state index in [0.717, 1.165) is 5.46 Å². The lowest BCUT2D eigenvalue weighted by Crippen LogP contribution is -2.41. The number of amides is 2. The minimum absolute atomic E-state index is 0.132. The Kier molecular flexibility index (Phi) is 4.24. The summed E-state index contributed by atoms with van der Waals surface area (Å²) >= 11 is 0. The Hall–Kier alpha value is -2.13. The summed E-state index contributed by atoms with van der Waals surface area (Å²) in [6.07, 6.45) is 0.624. The van der Waals surface area contributed by atoms with Crippen molar-refractivity contribution in [2.45, 2.75) is 51.4 Å². The van der Waals surface area contributed by atoms with Gasteiger partial charge in [-0.25, -0.2) is 9.78 Å². The molecule has 25 heavy (non-hydrogen) atoms. The van der Waals surface area contributed by atoms with Gasteiger partial charge in [0.05, 0.1) is 17.2 Å². The van der Waals surface area contributed by atoms with Gasteiger partial charge in [-0.1, -0.05) is 6.07 Å². The molecule has 2 aliphatic rings. The van der Waals surface area contributed by atoms with Gasteiger partial charge in [0.25, 0.3) is 0 Å². The van der Waals surface area contributed by atoms with Gasteiger partial charge in [0, 0.05) is 24.6 Å². The Morgan fingerprint density at radius 1 is 1.32 bits per heavy atom. The molecule has 8 nitrogen and oxygen atoms in total. The van der Waals surface area contributed by atoms with E-state index in [1.807, 2.05) is 33.8 Å². The van der Waals surface area contributed by atoms with Gasteiger partial charge in [-0.3, -0.25) is 9.69 Å². The van der Waals surface area contributed by atoms with Crippen LogP contribution in [0.1, 0.15) is 34.1 Å². The number of nitrogens with zero attached hydrogens (tertiary/aromatic N) is 2. The molecule has 2 saturated heterocycles. The maximum absolute atomic E-state index is 12.1. The van der Waals surface area contributed by atoms with Gasteiger partial charge in [0.15, 0.2) is 0 Å². The first-order valence-electron chi connectivity index (χ1n) is 8.20. The Morgan fingerprint density at radius 2 is 1.96 bits per heavy atom. The van der Waals surface area contributed by atoms with Crippen molar-refractivity contribution < 1.29 is 24.0 Å². The number of anilines is 1. The van der Waals surface area contributed by atoms with Crippen molar-refractivity contribution in [2.75, 3.05) is 11.4 Å². The summed E-state index contributed by atoms with van der Waals surface area (Å²) in [5.74, 6) is 0.328. The SMILES string of the molecule is CC1(C)OB(c2ccc(N3C[C@@H](NC(=O)O)CC3=O)nc2)OC1(C)C. The normalized spacial score (nSPS) is 24.6. The van der Waals surface area contributed by atoms with Crippen LogP contribution in [0.4, 0.5) is 10.6 Å². The molecule has 9 heteroatoms. The summed E-state index contributed by atoms with van der Waals surface area (Å²) in [6, 6.07) is 3.12. The van der Waals surface area contributed by atoms with E-state index >= 15 is 0 Å². The number of nitrogens with one attached hydrogen (secondary N) is 1. The molecule has 0 aromatic carbocycles. The van der Waals surface area contributed by atoms with Crippen molar-refractivity contribution >= 4 is 30.4 Å². The minimum Gasteiger partial charge on any atom is -0.465 e. The molecule has 0 saturated carbocycles. The number of rotatable bonds is 3. The number of aromatic nitrogens is 1. The first kappa shape index (κ1) is 17.7. The third-order valence-corrected chi connectivity index (χ3v) is 5.03. The molecule has 3 rings (SSSR count).